The zero-order valence-electron chi connectivity index (χ0n) is 15.6. The second-order valence-electron chi connectivity index (χ2n) is 6.44. The Kier molecular flexibility index (Phi) is 8.18. The topological polar surface area (TPSA) is 74.8 Å². The summed E-state index contributed by atoms with van der Waals surface area (Å²) in [7, 11) is 1.66. The summed E-state index contributed by atoms with van der Waals surface area (Å²) in [6.07, 6.45) is -0.184. The second kappa shape index (κ2) is 9.86. The predicted octanol–water partition coefficient (Wildman–Crippen LogP) is 1.92. The van der Waals surface area contributed by atoms with E-state index in [-0.39, 0.29) is 17.8 Å². The maximum absolute atomic E-state index is 13.2. The molecule has 0 saturated carbocycles. The molecule has 0 spiro atoms. The van der Waals surface area contributed by atoms with E-state index in [0.717, 1.165) is 0 Å². The lowest BCUT2D eigenvalue weighted by Crippen LogP contribution is -2.49. The summed E-state index contributed by atoms with van der Waals surface area (Å²) in [6.45, 7) is 9.03. The van der Waals surface area contributed by atoms with Gasteiger partial charge in [0.15, 0.2) is 5.96 Å². The minimum Gasteiger partial charge on any atom is -0.489 e. The smallest absolute Gasteiger partial charge is 0.227 e. The number of guanidine groups is 1. The quantitative estimate of drug-likeness (QED) is 0.494. The number of benzene rings is 1. The van der Waals surface area contributed by atoms with Gasteiger partial charge in [-0.15, -0.1) is 0 Å². The standard InChI is InChI=1S/C18H29FN4O2/c1-6-21-16(24)18(3,4)12-23-17(20-5)22-11-13(2)25-15-9-7-8-14(19)10-15/h7-10,13H,6,11-12H2,1-5H3,(H,21,24)(H2,20,22,23). The highest BCUT2D eigenvalue weighted by molar-refractivity contribution is 5.84. The molecule has 25 heavy (non-hydrogen) atoms. The van der Waals surface area contributed by atoms with Crippen molar-refractivity contribution >= 4 is 11.9 Å². The minimum atomic E-state index is -0.558. The molecule has 3 N–H and O–H groups in total. The van der Waals surface area contributed by atoms with E-state index in [0.29, 0.717) is 31.3 Å². The number of nitrogens with zero attached hydrogens (tertiary/aromatic N) is 1. The molecule has 0 aliphatic carbocycles. The van der Waals surface area contributed by atoms with Crippen molar-refractivity contribution in [2.24, 2.45) is 10.4 Å². The van der Waals surface area contributed by atoms with Crippen LogP contribution in [-0.2, 0) is 4.79 Å². The molecule has 1 rings (SSSR count). The first kappa shape index (κ1) is 20.7. The van der Waals surface area contributed by atoms with Crippen molar-refractivity contribution < 1.29 is 13.9 Å². The van der Waals surface area contributed by atoms with Crippen LogP contribution in [-0.4, -0.2) is 44.7 Å². The van der Waals surface area contributed by atoms with Gasteiger partial charge in [-0.2, -0.15) is 0 Å². The molecule has 0 fully saturated rings. The number of rotatable bonds is 8. The molecular formula is C18H29FN4O2. The van der Waals surface area contributed by atoms with Gasteiger partial charge < -0.3 is 20.7 Å². The zero-order chi connectivity index (χ0) is 18.9. The van der Waals surface area contributed by atoms with E-state index in [1.807, 2.05) is 27.7 Å². The third-order valence-corrected chi connectivity index (χ3v) is 3.56. The number of halogens is 1. The Balaban J connectivity index is 2.44. The maximum Gasteiger partial charge on any atom is 0.227 e. The summed E-state index contributed by atoms with van der Waals surface area (Å²) in [4.78, 5) is 16.1. The fourth-order valence-electron chi connectivity index (χ4n) is 2.06. The van der Waals surface area contributed by atoms with Gasteiger partial charge in [-0.3, -0.25) is 9.79 Å². The molecule has 1 aromatic rings. The van der Waals surface area contributed by atoms with Gasteiger partial charge in [0.25, 0.3) is 0 Å². The number of hydrogen-bond acceptors (Lipinski definition) is 3. The van der Waals surface area contributed by atoms with Gasteiger partial charge in [0.1, 0.15) is 17.7 Å². The Morgan fingerprint density at radius 3 is 2.64 bits per heavy atom. The Morgan fingerprint density at radius 1 is 1.32 bits per heavy atom. The molecule has 7 heteroatoms. The molecule has 0 aliphatic rings. The average Bonchev–Trinajstić information content (AvgIpc) is 2.55. The number of nitrogens with one attached hydrogen (secondary N) is 3. The van der Waals surface area contributed by atoms with Crippen molar-refractivity contribution in [1.82, 2.24) is 16.0 Å². The first-order valence-corrected chi connectivity index (χ1v) is 8.43. The fraction of sp³-hybridized carbons (Fsp3) is 0.556. The Hall–Kier alpha value is -2.31. The number of amides is 1. The molecule has 0 aliphatic heterocycles. The van der Waals surface area contributed by atoms with Crippen molar-refractivity contribution in [3.05, 3.63) is 30.1 Å². The lowest BCUT2D eigenvalue weighted by Gasteiger charge is -2.25. The van der Waals surface area contributed by atoms with Gasteiger partial charge in [-0.05, 0) is 39.8 Å². The summed E-state index contributed by atoms with van der Waals surface area (Å²) >= 11 is 0. The van der Waals surface area contributed by atoms with Gasteiger partial charge in [0, 0.05) is 26.2 Å². The normalized spacial score (nSPS) is 13.1. The lowest BCUT2D eigenvalue weighted by molar-refractivity contribution is -0.128. The van der Waals surface area contributed by atoms with Gasteiger partial charge in [0.05, 0.1) is 12.0 Å². The third-order valence-electron chi connectivity index (χ3n) is 3.56. The molecule has 1 aromatic carbocycles. The van der Waals surface area contributed by atoms with Crippen LogP contribution in [0.3, 0.4) is 0 Å². The highest BCUT2D eigenvalue weighted by Gasteiger charge is 2.27. The molecule has 0 aromatic heterocycles. The van der Waals surface area contributed by atoms with E-state index in [9.17, 15) is 9.18 Å². The van der Waals surface area contributed by atoms with Gasteiger partial charge >= 0.3 is 0 Å². The monoisotopic (exact) mass is 352 g/mol. The molecule has 140 valence electrons. The van der Waals surface area contributed by atoms with Crippen LogP contribution >= 0.6 is 0 Å². The molecule has 0 heterocycles. The predicted molar refractivity (Wildman–Crippen MR) is 98.3 cm³/mol. The van der Waals surface area contributed by atoms with Crippen LogP contribution < -0.4 is 20.7 Å². The largest absolute Gasteiger partial charge is 0.489 e. The average molecular weight is 352 g/mol. The summed E-state index contributed by atoms with van der Waals surface area (Å²) in [5.41, 5.74) is -0.558. The second-order valence-corrected chi connectivity index (χ2v) is 6.44. The van der Waals surface area contributed by atoms with Gasteiger partial charge in [-0.25, -0.2) is 4.39 Å². The molecule has 1 atom stereocenters. The van der Waals surface area contributed by atoms with E-state index >= 15 is 0 Å². The van der Waals surface area contributed by atoms with E-state index in [1.165, 1.54) is 12.1 Å². The molecule has 0 bridgehead atoms. The van der Waals surface area contributed by atoms with E-state index in [1.54, 1.807) is 19.2 Å². The van der Waals surface area contributed by atoms with Crippen LogP contribution in [0.2, 0.25) is 0 Å². The third kappa shape index (κ3) is 7.41. The summed E-state index contributed by atoms with van der Waals surface area (Å²) in [5, 5.41) is 9.10. The summed E-state index contributed by atoms with van der Waals surface area (Å²) in [5.74, 6) is 0.713. The van der Waals surface area contributed by atoms with Gasteiger partial charge in [-0.1, -0.05) is 6.07 Å². The Morgan fingerprint density at radius 2 is 2.04 bits per heavy atom. The van der Waals surface area contributed by atoms with Crippen molar-refractivity contribution in [1.29, 1.82) is 0 Å². The first-order valence-electron chi connectivity index (χ1n) is 8.43. The Labute approximate surface area is 149 Å². The molecular weight excluding hydrogens is 323 g/mol. The van der Waals surface area contributed by atoms with Gasteiger partial charge in [0.2, 0.25) is 5.91 Å². The van der Waals surface area contributed by atoms with Crippen LogP contribution in [0.25, 0.3) is 0 Å². The van der Waals surface area contributed by atoms with Crippen LogP contribution in [0.1, 0.15) is 27.7 Å². The zero-order valence-corrected chi connectivity index (χ0v) is 15.6. The van der Waals surface area contributed by atoms with E-state index in [2.05, 4.69) is 20.9 Å². The highest BCUT2D eigenvalue weighted by Crippen LogP contribution is 2.14. The summed E-state index contributed by atoms with van der Waals surface area (Å²) in [6, 6.07) is 6.03. The highest BCUT2D eigenvalue weighted by atomic mass is 19.1. The molecule has 0 radical (unpaired) electrons. The Bertz CT molecular complexity index is 590. The van der Waals surface area contributed by atoms with Crippen LogP contribution in [0, 0.1) is 11.2 Å². The van der Waals surface area contributed by atoms with Crippen molar-refractivity contribution in [3.8, 4) is 5.75 Å². The van der Waals surface area contributed by atoms with E-state index in [4.69, 9.17) is 4.74 Å². The van der Waals surface area contributed by atoms with E-state index < -0.39 is 5.41 Å². The maximum atomic E-state index is 13.2. The van der Waals surface area contributed by atoms with Crippen molar-refractivity contribution in [3.63, 3.8) is 0 Å². The van der Waals surface area contributed by atoms with Crippen LogP contribution in [0.4, 0.5) is 4.39 Å². The minimum absolute atomic E-state index is 0.0132. The number of aliphatic imine (C=N–C) groups is 1. The molecule has 1 amide bonds. The lowest BCUT2D eigenvalue weighted by atomic mass is 9.92. The number of carbonyl (C=O) groups excluding carboxylic acids is 1. The SMILES string of the molecule is CCNC(=O)C(C)(C)CNC(=NC)NCC(C)Oc1cccc(F)c1. The molecule has 1 unspecified atom stereocenters. The summed E-state index contributed by atoms with van der Waals surface area (Å²) < 4.78 is 18.8. The van der Waals surface area contributed by atoms with Crippen LogP contribution in [0.15, 0.2) is 29.3 Å². The van der Waals surface area contributed by atoms with Crippen molar-refractivity contribution in [2.45, 2.75) is 33.8 Å². The number of ether oxygens (including phenoxy) is 1. The van der Waals surface area contributed by atoms with Crippen molar-refractivity contribution in [2.75, 3.05) is 26.7 Å². The fourth-order valence-corrected chi connectivity index (χ4v) is 2.06. The first-order chi connectivity index (χ1) is 11.8. The molecule has 6 nitrogen and oxygen atoms in total. The van der Waals surface area contributed by atoms with Crippen LogP contribution in [0.5, 0.6) is 5.75 Å². The number of hydrogen-bond donors (Lipinski definition) is 3. The number of carbonyl (C=O) groups is 1. The molecule has 0 saturated heterocycles.